The van der Waals surface area contributed by atoms with Crippen LogP contribution in [-0.2, 0) is 9.59 Å². The van der Waals surface area contributed by atoms with Crippen LogP contribution in [0, 0.1) is 0 Å². The number of anilines is 4. The second-order valence-electron chi connectivity index (χ2n) is 6.41. The summed E-state index contributed by atoms with van der Waals surface area (Å²) in [6.45, 7) is 0. The number of carbonyl (C=O) groups is 2. The number of thioether (sulfide) groups is 1. The molecule has 0 bridgehead atoms. The molecule has 1 aliphatic rings. The van der Waals surface area contributed by atoms with Gasteiger partial charge < -0.3 is 16.0 Å². The Morgan fingerprint density at radius 2 is 1.50 bits per heavy atom. The van der Waals surface area contributed by atoms with Gasteiger partial charge in [0.2, 0.25) is 11.8 Å². The zero-order valence-electron chi connectivity index (χ0n) is 15.0. The highest BCUT2D eigenvalue weighted by Gasteiger charge is 2.28. The summed E-state index contributed by atoms with van der Waals surface area (Å²) in [6, 6.07) is 25.0. The average molecular weight is 389 g/mol. The number of rotatable bonds is 5. The van der Waals surface area contributed by atoms with Crippen LogP contribution in [0.4, 0.5) is 22.7 Å². The van der Waals surface area contributed by atoms with Crippen molar-refractivity contribution in [1.82, 2.24) is 0 Å². The molecule has 0 saturated heterocycles. The van der Waals surface area contributed by atoms with Gasteiger partial charge in [-0.3, -0.25) is 9.59 Å². The lowest BCUT2D eigenvalue weighted by Crippen LogP contribution is -2.32. The van der Waals surface area contributed by atoms with Crippen molar-refractivity contribution in [3.8, 4) is 0 Å². The maximum absolute atomic E-state index is 12.4. The lowest BCUT2D eigenvalue weighted by Gasteiger charge is -2.23. The molecule has 28 heavy (non-hydrogen) atoms. The van der Waals surface area contributed by atoms with Crippen LogP contribution < -0.4 is 16.0 Å². The molecular formula is C22H19N3O2S. The standard InChI is InChI=1S/C22H19N3O2S/c26-21(14-20-22(27)25-18-8-4-5-9-19(18)28-20)24-17-12-10-16(11-13-17)23-15-6-2-1-3-7-15/h1-13,20,23H,14H2,(H,24,26)(H,25,27). The van der Waals surface area contributed by atoms with Crippen LogP contribution in [-0.4, -0.2) is 17.1 Å². The van der Waals surface area contributed by atoms with E-state index >= 15 is 0 Å². The van der Waals surface area contributed by atoms with Crippen LogP contribution in [0.25, 0.3) is 0 Å². The van der Waals surface area contributed by atoms with E-state index in [0.29, 0.717) is 5.69 Å². The van der Waals surface area contributed by atoms with Gasteiger partial charge in [0.1, 0.15) is 0 Å². The lowest BCUT2D eigenvalue weighted by atomic mass is 10.2. The van der Waals surface area contributed by atoms with Crippen molar-refractivity contribution in [2.75, 3.05) is 16.0 Å². The SMILES string of the molecule is O=C(CC1Sc2ccccc2NC1=O)Nc1ccc(Nc2ccccc2)cc1. The number of amides is 2. The van der Waals surface area contributed by atoms with Crippen molar-refractivity contribution < 1.29 is 9.59 Å². The maximum atomic E-state index is 12.4. The first-order valence-corrected chi connectivity index (χ1v) is 9.84. The minimum Gasteiger partial charge on any atom is -0.356 e. The molecule has 0 saturated carbocycles. The largest absolute Gasteiger partial charge is 0.356 e. The van der Waals surface area contributed by atoms with E-state index in [1.165, 1.54) is 11.8 Å². The molecule has 3 N–H and O–H groups in total. The second kappa shape index (κ2) is 8.19. The third kappa shape index (κ3) is 4.35. The zero-order chi connectivity index (χ0) is 19.3. The molecular weight excluding hydrogens is 370 g/mol. The highest BCUT2D eigenvalue weighted by atomic mass is 32.2. The van der Waals surface area contributed by atoms with Gasteiger partial charge in [0.15, 0.2) is 0 Å². The van der Waals surface area contributed by atoms with E-state index in [9.17, 15) is 9.59 Å². The number of nitrogens with one attached hydrogen (secondary N) is 3. The molecule has 5 nitrogen and oxygen atoms in total. The molecule has 0 fully saturated rings. The number of fused-ring (bicyclic) bond motifs is 1. The summed E-state index contributed by atoms with van der Waals surface area (Å²) in [5.74, 6) is -0.322. The monoisotopic (exact) mass is 389 g/mol. The maximum Gasteiger partial charge on any atom is 0.238 e. The highest BCUT2D eigenvalue weighted by molar-refractivity contribution is 8.01. The Morgan fingerprint density at radius 1 is 0.857 bits per heavy atom. The van der Waals surface area contributed by atoms with Gasteiger partial charge in [-0.1, -0.05) is 30.3 Å². The van der Waals surface area contributed by atoms with E-state index in [1.807, 2.05) is 78.9 Å². The van der Waals surface area contributed by atoms with Crippen molar-refractivity contribution in [3.63, 3.8) is 0 Å². The van der Waals surface area contributed by atoms with Gasteiger partial charge in [-0.05, 0) is 48.5 Å². The van der Waals surface area contributed by atoms with E-state index in [2.05, 4.69) is 16.0 Å². The van der Waals surface area contributed by atoms with Gasteiger partial charge in [0.25, 0.3) is 0 Å². The van der Waals surface area contributed by atoms with Gasteiger partial charge in [-0.2, -0.15) is 0 Å². The number of hydrogen-bond donors (Lipinski definition) is 3. The smallest absolute Gasteiger partial charge is 0.238 e. The van der Waals surface area contributed by atoms with Crippen LogP contribution in [0.1, 0.15) is 6.42 Å². The first kappa shape index (κ1) is 18.1. The van der Waals surface area contributed by atoms with Crippen LogP contribution >= 0.6 is 11.8 Å². The van der Waals surface area contributed by atoms with E-state index in [-0.39, 0.29) is 18.2 Å². The predicted octanol–water partition coefficient (Wildman–Crippen LogP) is 4.87. The zero-order valence-corrected chi connectivity index (χ0v) is 15.8. The fourth-order valence-electron chi connectivity index (χ4n) is 2.93. The Bertz CT molecular complexity index is 990. The van der Waals surface area contributed by atoms with Crippen LogP contribution in [0.15, 0.2) is 83.8 Å². The Labute approximate surface area is 167 Å². The van der Waals surface area contributed by atoms with Gasteiger partial charge in [0.05, 0.1) is 10.9 Å². The third-order valence-corrected chi connectivity index (χ3v) is 5.58. The molecule has 1 heterocycles. The summed E-state index contributed by atoms with van der Waals surface area (Å²) in [6.07, 6.45) is 0.120. The molecule has 4 rings (SSSR count). The molecule has 1 aliphatic heterocycles. The number of benzene rings is 3. The van der Waals surface area contributed by atoms with E-state index < -0.39 is 5.25 Å². The topological polar surface area (TPSA) is 70.2 Å². The molecule has 0 aromatic heterocycles. The van der Waals surface area contributed by atoms with Gasteiger partial charge in [0, 0.05) is 28.4 Å². The van der Waals surface area contributed by atoms with E-state index in [1.54, 1.807) is 0 Å². The fraction of sp³-hybridized carbons (Fsp3) is 0.0909. The molecule has 0 spiro atoms. The van der Waals surface area contributed by atoms with Gasteiger partial charge >= 0.3 is 0 Å². The second-order valence-corrected chi connectivity index (χ2v) is 7.66. The van der Waals surface area contributed by atoms with Crippen molar-refractivity contribution >= 4 is 46.3 Å². The highest BCUT2D eigenvalue weighted by Crippen LogP contribution is 2.36. The summed E-state index contributed by atoms with van der Waals surface area (Å²) < 4.78 is 0. The molecule has 1 atom stereocenters. The number of carbonyl (C=O) groups excluding carboxylic acids is 2. The molecule has 3 aromatic carbocycles. The van der Waals surface area contributed by atoms with Gasteiger partial charge in [-0.15, -0.1) is 11.8 Å². The van der Waals surface area contributed by atoms with Crippen LogP contribution in [0.3, 0.4) is 0 Å². The first-order chi connectivity index (χ1) is 13.7. The predicted molar refractivity (Wildman–Crippen MR) is 114 cm³/mol. The number of hydrogen-bond acceptors (Lipinski definition) is 4. The molecule has 6 heteroatoms. The normalized spacial score (nSPS) is 15.3. The molecule has 1 unspecified atom stereocenters. The summed E-state index contributed by atoms with van der Waals surface area (Å²) in [5.41, 5.74) is 3.43. The van der Waals surface area contributed by atoms with Crippen molar-refractivity contribution in [2.24, 2.45) is 0 Å². The summed E-state index contributed by atoms with van der Waals surface area (Å²) in [5, 5.41) is 8.59. The van der Waals surface area contributed by atoms with Crippen molar-refractivity contribution in [1.29, 1.82) is 0 Å². The van der Waals surface area contributed by atoms with Crippen molar-refractivity contribution in [3.05, 3.63) is 78.9 Å². The Hall–Kier alpha value is -3.25. The average Bonchev–Trinajstić information content (AvgIpc) is 2.71. The Morgan fingerprint density at radius 3 is 2.29 bits per heavy atom. The third-order valence-electron chi connectivity index (χ3n) is 4.31. The minimum atomic E-state index is -0.436. The number of para-hydroxylation sites is 2. The molecule has 2 amide bonds. The minimum absolute atomic E-state index is 0.120. The Kier molecular flexibility index (Phi) is 5.30. The lowest BCUT2D eigenvalue weighted by molar-refractivity contribution is -0.120. The summed E-state index contributed by atoms with van der Waals surface area (Å²) in [4.78, 5) is 25.6. The summed E-state index contributed by atoms with van der Waals surface area (Å²) >= 11 is 1.42. The first-order valence-electron chi connectivity index (χ1n) is 8.96. The van der Waals surface area contributed by atoms with Crippen molar-refractivity contribution in [2.45, 2.75) is 16.6 Å². The Balaban J connectivity index is 1.34. The summed E-state index contributed by atoms with van der Waals surface area (Å²) in [7, 11) is 0. The fourth-order valence-corrected chi connectivity index (χ4v) is 4.04. The molecule has 140 valence electrons. The molecule has 3 aromatic rings. The molecule has 0 aliphatic carbocycles. The quantitative estimate of drug-likeness (QED) is 0.582. The van der Waals surface area contributed by atoms with E-state index in [4.69, 9.17) is 0 Å². The van der Waals surface area contributed by atoms with Gasteiger partial charge in [-0.25, -0.2) is 0 Å². The van der Waals surface area contributed by atoms with E-state index in [0.717, 1.165) is 22.0 Å². The van der Waals surface area contributed by atoms with Crippen LogP contribution in [0.5, 0.6) is 0 Å². The molecule has 0 radical (unpaired) electrons. The van der Waals surface area contributed by atoms with Crippen LogP contribution in [0.2, 0.25) is 0 Å².